The van der Waals surface area contributed by atoms with Gasteiger partial charge in [-0.1, -0.05) is 11.3 Å². The van der Waals surface area contributed by atoms with Crippen LogP contribution in [0.5, 0.6) is 0 Å². The highest BCUT2D eigenvalue weighted by molar-refractivity contribution is 7.89. The molecule has 1 fully saturated rings. The van der Waals surface area contributed by atoms with Gasteiger partial charge in [0.1, 0.15) is 12.4 Å². The SMILES string of the molecule is CCOC(=O)Cn1c(=NC(=O)c2ccc(S(=O)(=O)N(C)C3CC3)cc2)sc2cc(F)cc(F)c21. The van der Waals surface area contributed by atoms with Gasteiger partial charge in [0.05, 0.1) is 21.7 Å². The third kappa shape index (κ3) is 4.79. The number of thiazole rings is 1. The van der Waals surface area contributed by atoms with Gasteiger partial charge in [-0.15, -0.1) is 0 Å². The Kier molecular flexibility index (Phi) is 6.65. The molecule has 1 heterocycles. The molecule has 1 saturated carbocycles. The first kappa shape index (κ1) is 24.2. The van der Waals surface area contributed by atoms with Crippen molar-refractivity contribution in [3.63, 3.8) is 0 Å². The molecule has 0 saturated heterocycles. The average Bonchev–Trinajstić information content (AvgIpc) is 3.57. The minimum atomic E-state index is -3.67. The lowest BCUT2D eigenvalue weighted by molar-refractivity contribution is -0.143. The van der Waals surface area contributed by atoms with E-state index >= 15 is 0 Å². The lowest BCUT2D eigenvalue weighted by atomic mass is 10.2. The summed E-state index contributed by atoms with van der Waals surface area (Å²) in [7, 11) is -2.15. The number of esters is 1. The highest BCUT2D eigenvalue weighted by atomic mass is 32.2. The number of benzene rings is 2. The Bertz CT molecular complexity index is 1440. The van der Waals surface area contributed by atoms with Gasteiger partial charge >= 0.3 is 5.97 Å². The number of carbonyl (C=O) groups excluding carboxylic acids is 2. The van der Waals surface area contributed by atoms with Crippen molar-refractivity contribution in [1.82, 2.24) is 8.87 Å². The molecule has 0 radical (unpaired) electrons. The summed E-state index contributed by atoms with van der Waals surface area (Å²) in [5.41, 5.74) is 0.0235. The number of nitrogens with zero attached hydrogens (tertiary/aromatic N) is 3. The van der Waals surface area contributed by atoms with Crippen LogP contribution in [0.1, 0.15) is 30.1 Å². The van der Waals surface area contributed by atoms with Crippen molar-refractivity contribution in [3.8, 4) is 0 Å². The summed E-state index contributed by atoms with van der Waals surface area (Å²) in [5.74, 6) is -3.11. The van der Waals surface area contributed by atoms with E-state index in [0.29, 0.717) is 6.07 Å². The molecule has 8 nitrogen and oxygen atoms in total. The van der Waals surface area contributed by atoms with Crippen molar-refractivity contribution >= 4 is 43.5 Å². The number of sulfonamides is 1. The number of rotatable bonds is 7. The fraction of sp³-hybridized carbons (Fsp3) is 0.318. The van der Waals surface area contributed by atoms with Crippen molar-refractivity contribution in [3.05, 3.63) is 58.4 Å². The number of ether oxygens (including phenoxy) is 1. The van der Waals surface area contributed by atoms with Crippen molar-refractivity contribution in [2.75, 3.05) is 13.7 Å². The molecule has 12 heteroatoms. The van der Waals surface area contributed by atoms with E-state index < -0.39 is 40.1 Å². The zero-order valence-corrected chi connectivity index (χ0v) is 20.0. The van der Waals surface area contributed by atoms with Crippen molar-refractivity contribution < 1.29 is 31.5 Å². The fourth-order valence-corrected chi connectivity index (χ4v) is 5.90. The molecule has 34 heavy (non-hydrogen) atoms. The van der Waals surface area contributed by atoms with Crippen LogP contribution in [0.2, 0.25) is 0 Å². The van der Waals surface area contributed by atoms with Gasteiger partial charge in [-0.25, -0.2) is 17.2 Å². The fourth-order valence-electron chi connectivity index (χ4n) is 3.42. The molecule has 1 aliphatic carbocycles. The third-order valence-electron chi connectivity index (χ3n) is 5.32. The largest absolute Gasteiger partial charge is 0.465 e. The molecule has 0 spiro atoms. The van der Waals surface area contributed by atoms with Crippen LogP contribution in [0.4, 0.5) is 8.78 Å². The van der Waals surface area contributed by atoms with E-state index in [0.717, 1.165) is 34.8 Å². The van der Waals surface area contributed by atoms with Crippen LogP contribution in [0.3, 0.4) is 0 Å². The Morgan fingerprint density at radius 2 is 1.88 bits per heavy atom. The highest BCUT2D eigenvalue weighted by Gasteiger charge is 2.35. The van der Waals surface area contributed by atoms with Gasteiger partial charge in [-0.3, -0.25) is 9.59 Å². The number of halogens is 2. The predicted molar refractivity (Wildman–Crippen MR) is 121 cm³/mol. The summed E-state index contributed by atoms with van der Waals surface area (Å²) in [4.78, 5) is 28.9. The zero-order chi connectivity index (χ0) is 24.6. The number of carbonyl (C=O) groups is 2. The smallest absolute Gasteiger partial charge is 0.326 e. The van der Waals surface area contributed by atoms with E-state index in [1.54, 1.807) is 6.92 Å². The van der Waals surface area contributed by atoms with E-state index in [4.69, 9.17) is 4.74 Å². The molecule has 0 unspecified atom stereocenters. The van der Waals surface area contributed by atoms with Crippen LogP contribution in [-0.2, 0) is 26.1 Å². The van der Waals surface area contributed by atoms with E-state index in [1.165, 1.54) is 35.6 Å². The van der Waals surface area contributed by atoms with E-state index in [9.17, 15) is 26.8 Å². The summed E-state index contributed by atoms with van der Waals surface area (Å²) < 4.78 is 61.1. The Morgan fingerprint density at radius 3 is 2.50 bits per heavy atom. The second-order valence-electron chi connectivity index (χ2n) is 7.70. The number of hydrogen-bond donors (Lipinski definition) is 0. The second-order valence-corrected chi connectivity index (χ2v) is 10.7. The van der Waals surface area contributed by atoms with Crippen molar-refractivity contribution in [2.24, 2.45) is 4.99 Å². The van der Waals surface area contributed by atoms with Gasteiger partial charge < -0.3 is 9.30 Å². The first-order valence-corrected chi connectivity index (χ1v) is 12.7. The molecule has 0 bridgehead atoms. The molecular formula is C22H21F2N3O5S2. The summed E-state index contributed by atoms with van der Waals surface area (Å²) in [6, 6.07) is 7.08. The average molecular weight is 510 g/mol. The van der Waals surface area contributed by atoms with Gasteiger partial charge in [-0.05, 0) is 50.1 Å². The highest BCUT2D eigenvalue weighted by Crippen LogP contribution is 2.30. The van der Waals surface area contributed by atoms with Crippen LogP contribution < -0.4 is 4.80 Å². The van der Waals surface area contributed by atoms with Gasteiger partial charge in [0.25, 0.3) is 5.91 Å². The summed E-state index contributed by atoms with van der Waals surface area (Å²) in [6.07, 6.45) is 1.63. The molecule has 1 aliphatic rings. The molecule has 0 atom stereocenters. The third-order valence-corrected chi connectivity index (χ3v) is 8.27. The van der Waals surface area contributed by atoms with E-state index in [-0.39, 0.29) is 38.1 Å². The van der Waals surface area contributed by atoms with E-state index in [1.807, 2.05) is 0 Å². The number of fused-ring (bicyclic) bond motifs is 1. The zero-order valence-electron chi connectivity index (χ0n) is 18.3. The number of hydrogen-bond acceptors (Lipinski definition) is 6. The molecule has 1 aromatic heterocycles. The van der Waals surface area contributed by atoms with Crippen LogP contribution in [0, 0.1) is 11.6 Å². The normalized spacial score (nSPS) is 14.7. The summed E-state index contributed by atoms with van der Waals surface area (Å²) in [5, 5.41) is 0. The standard InChI is InChI=1S/C22H21F2N3O5S2/c1-3-32-19(28)12-27-20-17(24)10-14(23)11-18(20)33-22(27)25-21(29)13-4-8-16(9-5-13)34(30,31)26(2)15-6-7-15/h4-5,8-11,15H,3,6-7,12H2,1-2H3. The topological polar surface area (TPSA) is 98.0 Å². The van der Waals surface area contributed by atoms with Gasteiger partial charge in [0.15, 0.2) is 10.6 Å². The molecule has 3 aromatic rings. The minimum absolute atomic E-state index is 0.00524. The monoisotopic (exact) mass is 509 g/mol. The predicted octanol–water partition coefficient (Wildman–Crippen LogP) is 3.07. The van der Waals surface area contributed by atoms with Gasteiger partial charge in [-0.2, -0.15) is 9.30 Å². The minimum Gasteiger partial charge on any atom is -0.465 e. The second kappa shape index (κ2) is 9.35. The first-order chi connectivity index (χ1) is 16.1. The Hall–Kier alpha value is -2.96. The Morgan fingerprint density at radius 1 is 1.21 bits per heavy atom. The molecular weight excluding hydrogens is 488 g/mol. The summed E-state index contributed by atoms with van der Waals surface area (Å²) >= 11 is 0.842. The molecule has 180 valence electrons. The Balaban J connectivity index is 1.71. The summed E-state index contributed by atoms with van der Waals surface area (Å²) in [6.45, 7) is 1.30. The van der Waals surface area contributed by atoms with Crippen LogP contribution in [0.25, 0.3) is 10.2 Å². The molecule has 4 rings (SSSR count). The van der Waals surface area contributed by atoms with Gasteiger partial charge in [0.2, 0.25) is 10.0 Å². The molecule has 1 amide bonds. The maximum atomic E-state index is 14.5. The van der Waals surface area contributed by atoms with E-state index in [2.05, 4.69) is 4.99 Å². The quantitative estimate of drug-likeness (QED) is 0.456. The first-order valence-electron chi connectivity index (χ1n) is 10.4. The number of amides is 1. The van der Waals surface area contributed by atoms with Crippen LogP contribution in [-0.4, -0.2) is 48.9 Å². The molecule has 2 aromatic carbocycles. The maximum Gasteiger partial charge on any atom is 0.326 e. The van der Waals surface area contributed by atoms with Crippen LogP contribution in [0.15, 0.2) is 46.3 Å². The van der Waals surface area contributed by atoms with Gasteiger partial charge in [0, 0.05) is 24.7 Å². The van der Waals surface area contributed by atoms with Crippen molar-refractivity contribution in [2.45, 2.75) is 37.2 Å². The van der Waals surface area contributed by atoms with Crippen LogP contribution >= 0.6 is 11.3 Å². The number of aromatic nitrogens is 1. The Labute approximate surface area is 198 Å². The molecule has 0 N–H and O–H groups in total. The molecule has 0 aliphatic heterocycles. The lowest BCUT2D eigenvalue weighted by Crippen LogP contribution is -2.28. The maximum absolute atomic E-state index is 14.5. The van der Waals surface area contributed by atoms with Crippen molar-refractivity contribution in [1.29, 1.82) is 0 Å². The lowest BCUT2D eigenvalue weighted by Gasteiger charge is -2.16.